The van der Waals surface area contributed by atoms with Crippen molar-refractivity contribution in [2.75, 3.05) is 49.5 Å². The van der Waals surface area contributed by atoms with Gasteiger partial charge in [-0.15, -0.1) is 0 Å². The fraction of sp³-hybridized carbons (Fsp3) is 0.385. The Morgan fingerprint density at radius 2 is 1.75 bits per heavy atom. The molecule has 4 rings (SSSR count). The van der Waals surface area contributed by atoms with Gasteiger partial charge in [-0.3, -0.25) is 14.4 Å². The summed E-state index contributed by atoms with van der Waals surface area (Å²) in [5.41, 5.74) is 2.32. The molecule has 0 spiro atoms. The maximum atomic E-state index is 13.2. The molecule has 2 heterocycles. The smallest absolute Gasteiger partial charge is 0.409 e. The van der Waals surface area contributed by atoms with Crippen LogP contribution in [0.15, 0.2) is 42.5 Å². The van der Waals surface area contributed by atoms with Crippen LogP contribution in [0.3, 0.4) is 0 Å². The van der Waals surface area contributed by atoms with Crippen molar-refractivity contribution in [2.24, 2.45) is 5.92 Å². The van der Waals surface area contributed by atoms with Crippen LogP contribution in [0, 0.1) is 12.8 Å². The Labute approximate surface area is 214 Å². The van der Waals surface area contributed by atoms with Crippen LogP contribution in [0.1, 0.15) is 29.3 Å². The topological polar surface area (TPSA) is 99.3 Å². The molecule has 2 aliphatic heterocycles. The van der Waals surface area contributed by atoms with E-state index in [4.69, 9.17) is 16.3 Å². The normalized spacial score (nSPS) is 17.8. The average molecular weight is 513 g/mol. The summed E-state index contributed by atoms with van der Waals surface area (Å²) in [6.45, 7) is 5.65. The van der Waals surface area contributed by atoms with Crippen LogP contribution in [-0.4, -0.2) is 72.9 Å². The fourth-order valence-electron chi connectivity index (χ4n) is 4.37. The minimum absolute atomic E-state index is 0.0727. The van der Waals surface area contributed by atoms with Gasteiger partial charge in [0.2, 0.25) is 11.8 Å². The zero-order chi connectivity index (χ0) is 25.8. The second-order valence-corrected chi connectivity index (χ2v) is 9.26. The van der Waals surface area contributed by atoms with Gasteiger partial charge in [-0.25, -0.2) is 4.79 Å². The van der Waals surface area contributed by atoms with E-state index in [9.17, 15) is 19.2 Å². The Morgan fingerprint density at radius 1 is 1.06 bits per heavy atom. The number of nitrogens with one attached hydrogen (secondary N) is 1. The van der Waals surface area contributed by atoms with Crippen molar-refractivity contribution in [1.29, 1.82) is 0 Å². The summed E-state index contributed by atoms with van der Waals surface area (Å²) in [6, 6.07) is 12.2. The predicted molar refractivity (Wildman–Crippen MR) is 136 cm³/mol. The Bertz CT molecular complexity index is 1180. The lowest BCUT2D eigenvalue weighted by molar-refractivity contribution is -0.122. The van der Waals surface area contributed by atoms with Crippen LogP contribution in [-0.2, 0) is 14.3 Å². The molecule has 2 aromatic rings. The molecule has 0 aromatic heterocycles. The summed E-state index contributed by atoms with van der Waals surface area (Å²) in [4.78, 5) is 55.7. The first-order valence-corrected chi connectivity index (χ1v) is 12.3. The molecule has 0 bridgehead atoms. The Balaban J connectivity index is 1.41. The third-order valence-corrected chi connectivity index (χ3v) is 6.88. The number of para-hydroxylation sites is 1. The number of piperazine rings is 1. The SMILES string of the molecule is CCOC(=O)N1CCN(C(=O)c2ccccc2NC(=O)C2CC(=O)N(c3ccc(C)c(Cl)c3)C2)CC1. The number of hydrogen-bond donors (Lipinski definition) is 1. The first kappa shape index (κ1) is 25.5. The fourth-order valence-corrected chi connectivity index (χ4v) is 4.55. The van der Waals surface area contributed by atoms with Crippen LogP contribution in [0.5, 0.6) is 0 Å². The lowest BCUT2D eigenvalue weighted by Gasteiger charge is -2.34. The van der Waals surface area contributed by atoms with Crippen molar-refractivity contribution in [1.82, 2.24) is 9.80 Å². The summed E-state index contributed by atoms with van der Waals surface area (Å²) in [6.07, 6.45) is -0.311. The van der Waals surface area contributed by atoms with Gasteiger partial charge >= 0.3 is 6.09 Å². The highest BCUT2D eigenvalue weighted by atomic mass is 35.5. The zero-order valence-electron chi connectivity index (χ0n) is 20.3. The van der Waals surface area contributed by atoms with Crippen LogP contribution < -0.4 is 10.2 Å². The minimum Gasteiger partial charge on any atom is -0.450 e. The lowest BCUT2D eigenvalue weighted by atomic mass is 10.1. The number of benzene rings is 2. The first-order valence-electron chi connectivity index (χ1n) is 12.0. The number of aryl methyl sites for hydroxylation is 1. The molecule has 2 aromatic carbocycles. The molecule has 0 radical (unpaired) electrons. The van der Waals surface area contributed by atoms with Crippen LogP contribution in [0.2, 0.25) is 5.02 Å². The number of halogens is 1. The van der Waals surface area contributed by atoms with Gasteiger partial charge in [0, 0.05) is 49.9 Å². The molecule has 9 nitrogen and oxygen atoms in total. The van der Waals surface area contributed by atoms with Crippen LogP contribution >= 0.6 is 11.6 Å². The quantitative estimate of drug-likeness (QED) is 0.660. The van der Waals surface area contributed by atoms with E-state index >= 15 is 0 Å². The van der Waals surface area contributed by atoms with E-state index < -0.39 is 5.92 Å². The molecule has 10 heteroatoms. The highest BCUT2D eigenvalue weighted by Gasteiger charge is 2.36. The third-order valence-electron chi connectivity index (χ3n) is 6.47. The number of rotatable bonds is 5. The van der Waals surface area contributed by atoms with E-state index in [0.29, 0.717) is 54.7 Å². The van der Waals surface area contributed by atoms with E-state index in [0.717, 1.165) is 5.56 Å². The maximum absolute atomic E-state index is 13.2. The molecule has 0 saturated carbocycles. The van der Waals surface area contributed by atoms with E-state index in [1.54, 1.807) is 52.0 Å². The van der Waals surface area contributed by atoms with E-state index in [-0.39, 0.29) is 36.8 Å². The number of hydrogen-bond acceptors (Lipinski definition) is 5. The summed E-state index contributed by atoms with van der Waals surface area (Å²) < 4.78 is 5.03. The molecule has 1 atom stereocenters. The Hall–Kier alpha value is -3.59. The third kappa shape index (κ3) is 5.46. The first-order chi connectivity index (χ1) is 17.3. The van der Waals surface area contributed by atoms with Crippen molar-refractivity contribution >= 4 is 46.8 Å². The van der Waals surface area contributed by atoms with Crippen molar-refractivity contribution in [3.63, 3.8) is 0 Å². The monoisotopic (exact) mass is 512 g/mol. The van der Waals surface area contributed by atoms with Gasteiger partial charge in [-0.05, 0) is 43.7 Å². The maximum Gasteiger partial charge on any atom is 0.409 e. The van der Waals surface area contributed by atoms with E-state index in [1.165, 1.54) is 0 Å². The van der Waals surface area contributed by atoms with Gasteiger partial charge in [-0.2, -0.15) is 0 Å². The molecule has 2 saturated heterocycles. The highest BCUT2D eigenvalue weighted by molar-refractivity contribution is 6.31. The van der Waals surface area contributed by atoms with Gasteiger partial charge in [0.15, 0.2) is 0 Å². The summed E-state index contributed by atoms with van der Waals surface area (Å²) in [5.74, 6) is -1.27. The van der Waals surface area contributed by atoms with Crippen molar-refractivity contribution < 1.29 is 23.9 Å². The standard InChI is InChI=1S/C26H29ClN4O5/c1-3-36-26(35)30-12-10-29(11-13-30)25(34)20-6-4-5-7-22(20)28-24(33)18-14-23(32)31(16-18)19-9-8-17(2)21(27)15-19/h4-9,15,18H,3,10-14,16H2,1-2H3,(H,28,33). The average Bonchev–Trinajstić information content (AvgIpc) is 3.27. The molecule has 0 aliphatic carbocycles. The van der Waals surface area contributed by atoms with Gasteiger partial charge < -0.3 is 24.8 Å². The van der Waals surface area contributed by atoms with Gasteiger partial charge in [0.25, 0.3) is 5.91 Å². The number of anilines is 2. The number of amides is 4. The molecule has 2 aliphatic rings. The molecule has 1 unspecified atom stereocenters. The number of carbonyl (C=O) groups excluding carboxylic acids is 4. The molecule has 190 valence electrons. The summed E-state index contributed by atoms with van der Waals surface area (Å²) in [7, 11) is 0. The summed E-state index contributed by atoms with van der Waals surface area (Å²) in [5, 5.41) is 3.41. The lowest BCUT2D eigenvalue weighted by Crippen LogP contribution is -2.50. The van der Waals surface area contributed by atoms with Crippen molar-refractivity contribution in [2.45, 2.75) is 20.3 Å². The van der Waals surface area contributed by atoms with Crippen molar-refractivity contribution in [3.05, 3.63) is 58.6 Å². The number of carbonyl (C=O) groups is 4. The number of ether oxygens (including phenoxy) is 1. The largest absolute Gasteiger partial charge is 0.450 e. The molecule has 4 amide bonds. The minimum atomic E-state index is -0.561. The zero-order valence-corrected chi connectivity index (χ0v) is 21.1. The highest BCUT2D eigenvalue weighted by Crippen LogP contribution is 2.30. The molecular formula is C26H29ClN4O5. The van der Waals surface area contributed by atoms with Gasteiger partial charge in [0.1, 0.15) is 0 Å². The predicted octanol–water partition coefficient (Wildman–Crippen LogP) is 3.55. The van der Waals surface area contributed by atoms with E-state index in [2.05, 4.69) is 5.32 Å². The van der Waals surface area contributed by atoms with Crippen molar-refractivity contribution in [3.8, 4) is 0 Å². The molecular weight excluding hydrogens is 484 g/mol. The Morgan fingerprint density at radius 3 is 2.44 bits per heavy atom. The molecule has 2 fully saturated rings. The molecule has 1 N–H and O–H groups in total. The Kier molecular flexibility index (Phi) is 7.79. The van der Waals surface area contributed by atoms with Crippen LogP contribution in [0.4, 0.5) is 16.2 Å². The van der Waals surface area contributed by atoms with Crippen LogP contribution in [0.25, 0.3) is 0 Å². The second-order valence-electron chi connectivity index (χ2n) is 8.85. The number of nitrogens with zero attached hydrogens (tertiary/aromatic N) is 3. The van der Waals surface area contributed by atoms with Gasteiger partial charge in [-0.1, -0.05) is 29.8 Å². The summed E-state index contributed by atoms with van der Waals surface area (Å²) >= 11 is 6.22. The van der Waals surface area contributed by atoms with Gasteiger partial charge in [0.05, 0.1) is 23.8 Å². The molecule has 36 heavy (non-hydrogen) atoms. The second kappa shape index (κ2) is 11.0. The van der Waals surface area contributed by atoms with E-state index in [1.807, 2.05) is 19.1 Å².